The van der Waals surface area contributed by atoms with E-state index in [0.29, 0.717) is 0 Å². The summed E-state index contributed by atoms with van der Waals surface area (Å²) in [5, 5.41) is -0.0187. The molecule has 1 atom stereocenters. The third-order valence-corrected chi connectivity index (χ3v) is 4.39. The number of carbonyl (C=O) groups excluding carboxylic acids is 1. The maximum absolute atomic E-state index is 11.4. The minimum atomic E-state index is -3.24. The molecule has 7 heteroatoms. The van der Waals surface area contributed by atoms with Crippen molar-refractivity contribution in [3.05, 3.63) is 0 Å². The topological polar surface area (TPSA) is 54.0 Å². The Bertz CT molecular complexity index is 189. The molecule has 0 saturated carbocycles. The fourth-order valence-electron chi connectivity index (χ4n) is 0.893. The normalized spacial score (nSPS) is 13.7. The molecule has 0 amide bonds. The van der Waals surface area contributed by atoms with Crippen LogP contribution in [0.15, 0.2) is 0 Å². The van der Waals surface area contributed by atoms with Crippen molar-refractivity contribution >= 4 is 27.6 Å². The fraction of sp³-hybridized carbons (Fsp3) is 0.875. The average Bonchev–Trinajstić information content (AvgIpc) is 2.26. The van der Waals surface area contributed by atoms with E-state index >= 15 is 0 Å². The Hall–Kier alpha value is -0.0831. The molecule has 0 aliphatic heterocycles. The molecule has 15 heavy (non-hydrogen) atoms. The molecular formula is C8H18O5SSi. The summed E-state index contributed by atoms with van der Waals surface area (Å²) in [4.78, 5) is 11.4. The van der Waals surface area contributed by atoms with Crippen LogP contribution in [0, 0.1) is 0 Å². The largest absolute Gasteiger partial charge is 0.750 e. The molecule has 0 rings (SSSR count). The summed E-state index contributed by atoms with van der Waals surface area (Å²) in [5.74, 6) is -0.422. The van der Waals surface area contributed by atoms with Gasteiger partial charge in [0.25, 0.3) is 5.97 Å². The van der Waals surface area contributed by atoms with E-state index in [-0.39, 0.29) is 11.7 Å². The minimum absolute atomic E-state index is 0.0187. The van der Waals surface area contributed by atoms with Crippen molar-refractivity contribution in [3.8, 4) is 0 Å². The highest BCUT2D eigenvalue weighted by Gasteiger charge is 2.46. The predicted octanol–water partition coefficient (Wildman–Crippen LogP) is 1.00. The maximum atomic E-state index is 11.4. The molecule has 90 valence electrons. The summed E-state index contributed by atoms with van der Waals surface area (Å²) in [7, 11) is 0.895. The number of thiol groups is 1. The van der Waals surface area contributed by atoms with E-state index in [2.05, 4.69) is 12.6 Å². The Balaban J connectivity index is 4.23. The van der Waals surface area contributed by atoms with Gasteiger partial charge in [0.05, 0.1) is 6.42 Å². The van der Waals surface area contributed by atoms with Crippen molar-refractivity contribution in [3.63, 3.8) is 0 Å². The summed E-state index contributed by atoms with van der Waals surface area (Å²) < 4.78 is 19.9. The lowest BCUT2D eigenvalue weighted by Crippen LogP contribution is -2.48. The van der Waals surface area contributed by atoms with Crippen LogP contribution in [0.3, 0.4) is 0 Å². The van der Waals surface area contributed by atoms with Crippen molar-refractivity contribution in [2.75, 3.05) is 21.3 Å². The lowest BCUT2D eigenvalue weighted by Gasteiger charge is -2.22. The molecule has 0 aliphatic rings. The van der Waals surface area contributed by atoms with Crippen molar-refractivity contribution in [2.24, 2.45) is 0 Å². The second-order valence-electron chi connectivity index (χ2n) is 2.85. The summed E-state index contributed by atoms with van der Waals surface area (Å²) in [6.07, 6.45) is 1.00. The first-order valence-electron chi connectivity index (χ1n) is 4.58. The highest BCUT2D eigenvalue weighted by atomic mass is 32.1. The molecule has 5 nitrogen and oxygen atoms in total. The molecule has 0 radical (unpaired) electrons. The maximum Gasteiger partial charge on any atom is 0.750 e. The van der Waals surface area contributed by atoms with Gasteiger partial charge in [0, 0.05) is 26.6 Å². The Morgan fingerprint density at radius 2 is 1.73 bits per heavy atom. The molecule has 0 N–H and O–H groups in total. The molecule has 0 aromatic heterocycles. The zero-order chi connectivity index (χ0) is 11.9. The summed E-state index contributed by atoms with van der Waals surface area (Å²) >= 11 is 4.20. The van der Waals surface area contributed by atoms with E-state index in [1.807, 2.05) is 6.92 Å². The third-order valence-electron chi connectivity index (χ3n) is 1.86. The van der Waals surface area contributed by atoms with Crippen LogP contribution in [-0.4, -0.2) is 41.6 Å². The summed E-state index contributed by atoms with van der Waals surface area (Å²) in [6, 6.07) is 0. The lowest BCUT2D eigenvalue weighted by atomic mass is 10.2. The molecule has 0 heterocycles. The monoisotopic (exact) mass is 254 g/mol. The van der Waals surface area contributed by atoms with Gasteiger partial charge in [0.1, 0.15) is 0 Å². The van der Waals surface area contributed by atoms with Gasteiger partial charge in [-0.05, 0) is 6.42 Å². The Labute approximate surface area is 96.9 Å². The van der Waals surface area contributed by atoms with E-state index in [1.165, 1.54) is 21.3 Å². The molecule has 0 aromatic rings. The molecule has 0 spiro atoms. The Morgan fingerprint density at radius 3 is 2.07 bits per heavy atom. The minimum Gasteiger partial charge on any atom is -0.452 e. The van der Waals surface area contributed by atoms with Gasteiger partial charge in [-0.2, -0.15) is 12.6 Å². The van der Waals surface area contributed by atoms with Crippen LogP contribution in [0.25, 0.3) is 0 Å². The second kappa shape index (κ2) is 7.23. The SMILES string of the molecule is CCC(S)CC(=O)O[Si](OC)(OC)OC. The molecular weight excluding hydrogens is 236 g/mol. The highest BCUT2D eigenvalue weighted by molar-refractivity contribution is 7.81. The summed E-state index contributed by atoms with van der Waals surface area (Å²) in [6.45, 7) is 1.94. The number of hydrogen-bond acceptors (Lipinski definition) is 6. The van der Waals surface area contributed by atoms with Crippen molar-refractivity contribution in [2.45, 2.75) is 25.0 Å². The Kier molecular flexibility index (Phi) is 7.19. The zero-order valence-corrected chi connectivity index (χ0v) is 11.4. The van der Waals surface area contributed by atoms with Crippen LogP contribution in [0.2, 0.25) is 0 Å². The molecule has 1 unspecified atom stereocenters. The Morgan fingerprint density at radius 1 is 1.27 bits per heavy atom. The van der Waals surface area contributed by atoms with Gasteiger partial charge in [-0.1, -0.05) is 6.92 Å². The smallest absolute Gasteiger partial charge is 0.452 e. The van der Waals surface area contributed by atoms with Gasteiger partial charge >= 0.3 is 9.05 Å². The molecule has 0 bridgehead atoms. The zero-order valence-electron chi connectivity index (χ0n) is 9.48. The average molecular weight is 254 g/mol. The third kappa shape index (κ3) is 4.98. The predicted molar refractivity (Wildman–Crippen MR) is 60.6 cm³/mol. The quantitative estimate of drug-likeness (QED) is 0.543. The van der Waals surface area contributed by atoms with E-state index < -0.39 is 15.0 Å². The summed E-state index contributed by atoms with van der Waals surface area (Å²) in [5.41, 5.74) is 0. The lowest BCUT2D eigenvalue weighted by molar-refractivity contribution is -0.142. The van der Waals surface area contributed by atoms with E-state index in [1.54, 1.807) is 0 Å². The van der Waals surface area contributed by atoms with Crippen LogP contribution in [-0.2, 0) is 22.5 Å². The van der Waals surface area contributed by atoms with E-state index in [0.717, 1.165) is 6.42 Å². The number of hydrogen-bond donors (Lipinski definition) is 1. The standard InChI is InChI=1S/C8H18O5SSi/c1-5-7(14)6-8(9)13-15(10-2,11-3)12-4/h7,14H,5-6H2,1-4H3. The first-order chi connectivity index (χ1) is 7.03. The van der Waals surface area contributed by atoms with Gasteiger partial charge in [0.2, 0.25) is 0 Å². The van der Waals surface area contributed by atoms with Crippen LogP contribution in [0.5, 0.6) is 0 Å². The van der Waals surface area contributed by atoms with E-state index in [4.69, 9.17) is 17.7 Å². The van der Waals surface area contributed by atoms with Gasteiger partial charge < -0.3 is 17.7 Å². The van der Waals surface area contributed by atoms with Crippen molar-refractivity contribution in [1.29, 1.82) is 0 Å². The highest BCUT2D eigenvalue weighted by Crippen LogP contribution is 2.13. The fourth-order valence-corrected chi connectivity index (χ4v) is 2.15. The van der Waals surface area contributed by atoms with Crippen molar-refractivity contribution in [1.82, 2.24) is 0 Å². The molecule has 0 saturated heterocycles. The molecule has 0 aromatic carbocycles. The second-order valence-corrected chi connectivity index (χ2v) is 6.01. The van der Waals surface area contributed by atoms with Crippen LogP contribution in [0.4, 0.5) is 0 Å². The number of rotatable bonds is 7. The van der Waals surface area contributed by atoms with Crippen molar-refractivity contribution < 1.29 is 22.5 Å². The van der Waals surface area contributed by atoms with Gasteiger partial charge in [0.15, 0.2) is 0 Å². The van der Waals surface area contributed by atoms with Crippen LogP contribution >= 0.6 is 12.6 Å². The number of carbonyl (C=O) groups is 1. The van der Waals surface area contributed by atoms with Crippen LogP contribution in [0.1, 0.15) is 19.8 Å². The molecule has 0 fully saturated rings. The van der Waals surface area contributed by atoms with Gasteiger partial charge in [-0.15, -0.1) is 0 Å². The first-order valence-corrected chi connectivity index (χ1v) is 6.73. The van der Waals surface area contributed by atoms with Gasteiger partial charge in [-0.25, -0.2) is 0 Å². The van der Waals surface area contributed by atoms with E-state index in [9.17, 15) is 4.79 Å². The van der Waals surface area contributed by atoms with Gasteiger partial charge in [-0.3, -0.25) is 4.79 Å². The molecule has 0 aliphatic carbocycles. The first kappa shape index (κ1) is 14.9. The van der Waals surface area contributed by atoms with Crippen LogP contribution < -0.4 is 0 Å².